The quantitative estimate of drug-likeness (QED) is 0.461. The summed E-state index contributed by atoms with van der Waals surface area (Å²) in [6.45, 7) is 0. The van der Waals surface area contributed by atoms with Gasteiger partial charge < -0.3 is 24.7 Å². The number of hydrogen-bond acceptors (Lipinski definition) is 7. The Hall–Kier alpha value is -3.91. The van der Waals surface area contributed by atoms with Crippen LogP contribution in [0.3, 0.4) is 0 Å². The number of ether oxygens (including phenoxy) is 1. The fourth-order valence-corrected chi connectivity index (χ4v) is 3.64. The summed E-state index contributed by atoms with van der Waals surface area (Å²) in [7, 11) is 0. The molecule has 0 aliphatic heterocycles. The molecule has 2 aromatic carbocycles. The summed E-state index contributed by atoms with van der Waals surface area (Å²) in [6.07, 6.45) is 1.39. The maximum atomic E-state index is 11.1. The van der Waals surface area contributed by atoms with Crippen LogP contribution in [0.15, 0.2) is 65.2 Å². The molecular formula is C22H17N3O5. The fraction of sp³-hybridized carbons (Fsp3) is 0.136. The van der Waals surface area contributed by atoms with Crippen LogP contribution >= 0.6 is 0 Å². The first kappa shape index (κ1) is 18.1. The van der Waals surface area contributed by atoms with Crippen molar-refractivity contribution in [3.05, 3.63) is 77.6 Å². The standard InChI is InChI=1S/C22H17N3O5/c26-18-9-12-3-1-2-4-15(12)20(18)25-22-24-16-6-5-13(11-19(16)30-22)29-14-7-8-23-17(10-14)21(27)28/h1-8,10-11,18,20,26H,9H2,(H,24,25)(H,27,28)/t18-,20+/m1/s1. The molecule has 8 nitrogen and oxygen atoms in total. The summed E-state index contributed by atoms with van der Waals surface area (Å²) < 4.78 is 11.5. The van der Waals surface area contributed by atoms with E-state index in [9.17, 15) is 9.90 Å². The molecule has 0 saturated carbocycles. The third-order valence-electron chi connectivity index (χ3n) is 5.03. The molecule has 5 rings (SSSR count). The Morgan fingerprint density at radius 2 is 1.97 bits per heavy atom. The van der Waals surface area contributed by atoms with Crippen molar-refractivity contribution < 1.29 is 24.2 Å². The lowest BCUT2D eigenvalue weighted by atomic mass is 10.1. The Balaban J connectivity index is 1.38. The second-order valence-corrected chi connectivity index (χ2v) is 7.02. The highest BCUT2D eigenvalue weighted by Crippen LogP contribution is 2.35. The first-order valence-electron chi connectivity index (χ1n) is 9.37. The molecular weight excluding hydrogens is 386 g/mol. The predicted octanol–water partition coefficient (Wildman–Crippen LogP) is 3.78. The number of nitrogens with one attached hydrogen (secondary N) is 1. The zero-order chi connectivity index (χ0) is 20.7. The number of pyridine rings is 1. The Bertz CT molecular complexity index is 1250. The van der Waals surface area contributed by atoms with Gasteiger partial charge in [0.25, 0.3) is 6.01 Å². The SMILES string of the molecule is O=C(O)c1cc(Oc2ccc3nc(N[C@H]4c5ccccc5C[C@H]4O)oc3c2)ccn1. The van der Waals surface area contributed by atoms with E-state index >= 15 is 0 Å². The molecule has 0 radical (unpaired) electrons. The molecule has 150 valence electrons. The minimum atomic E-state index is -1.13. The van der Waals surface area contributed by atoms with Gasteiger partial charge in [-0.1, -0.05) is 24.3 Å². The molecule has 4 aromatic rings. The Morgan fingerprint density at radius 3 is 2.83 bits per heavy atom. The minimum Gasteiger partial charge on any atom is -0.477 e. The number of aliphatic hydroxyl groups excluding tert-OH is 1. The van der Waals surface area contributed by atoms with Crippen LogP contribution in [0.25, 0.3) is 11.1 Å². The second kappa shape index (κ2) is 7.16. The summed E-state index contributed by atoms with van der Waals surface area (Å²) in [5, 5.41) is 22.7. The highest BCUT2D eigenvalue weighted by Gasteiger charge is 2.31. The summed E-state index contributed by atoms with van der Waals surface area (Å²) in [5.74, 6) is -0.304. The summed E-state index contributed by atoms with van der Waals surface area (Å²) in [5.41, 5.74) is 3.17. The van der Waals surface area contributed by atoms with Gasteiger partial charge >= 0.3 is 5.97 Å². The molecule has 0 saturated heterocycles. The average Bonchev–Trinajstić information content (AvgIpc) is 3.28. The minimum absolute atomic E-state index is 0.102. The number of nitrogens with zero attached hydrogens (tertiary/aromatic N) is 2. The molecule has 0 bridgehead atoms. The highest BCUT2D eigenvalue weighted by molar-refractivity contribution is 5.85. The summed E-state index contributed by atoms with van der Waals surface area (Å²) in [4.78, 5) is 19.3. The molecule has 0 fully saturated rings. The van der Waals surface area contributed by atoms with Crippen LogP contribution in [0, 0.1) is 0 Å². The number of rotatable bonds is 5. The molecule has 0 spiro atoms. The molecule has 2 atom stereocenters. The van der Waals surface area contributed by atoms with Crippen molar-refractivity contribution in [1.82, 2.24) is 9.97 Å². The number of benzene rings is 2. The van der Waals surface area contributed by atoms with Gasteiger partial charge in [-0.3, -0.25) is 0 Å². The third-order valence-corrected chi connectivity index (χ3v) is 5.03. The number of aromatic carboxylic acids is 1. The first-order valence-corrected chi connectivity index (χ1v) is 9.37. The Kier molecular flexibility index (Phi) is 4.33. The van der Waals surface area contributed by atoms with Crippen LogP contribution in [-0.2, 0) is 6.42 Å². The number of anilines is 1. The van der Waals surface area contributed by atoms with E-state index in [0.717, 1.165) is 11.1 Å². The largest absolute Gasteiger partial charge is 0.477 e. The number of carboxylic acids is 1. The van der Waals surface area contributed by atoms with Crippen molar-refractivity contribution in [2.24, 2.45) is 0 Å². The first-order chi connectivity index (χ1) is 14.6. The van der Waals surface area contributed by atoms with Crippen LogP contribution in [-0.4, -0.2) is 32.3 Å². The molecule has 1 aliphatic carbocycles. The summed E-state index contributed by atoms with van der Waals surface area (Å²) >= 11 is 0. The zero-order valence-corrected chi connectivity index (χ0v) is 15.6. The summed E-state index contributed by atoms with van der Waals surface area (Å²) in [6, 6.07) is 16.0. The number of aliphatic hydroxyl groups is 1. The van der Waals surface area contributed by atoms with Gasteiger partial charge in [-0.05, 0) is 29.3 Å². The molecule has 0 unspecified atom stereocenters. The van der Waals surface area contributed by atoms with E-state index in [1.165, 1.54) is 12.3 Å². The van der Waals surface area contributed by atoms with Crippen LogP contribution in [0.2, 0.25) is 0 Å². The van der Waals surface area contributed by atoms with Gasteiger partial charge in [-0.25, -0.2) is 9.78 Å². The number of aromatic nitrogens is 2. The van der Waals surface area contributed by atoms with Crippen molar-refractivity contribution in [1.29, 1.82) is 0 Å². The van der Waals surface area contributed by atoms with Gasteiger partial charge in [0, 0.05) is 24.8 Å². The molecule has 1 aliphatic rings. The number of fused-ring (bicyclic) bond motifs is 2. The van der Waals surface area contributed by atoms with E-state index < -0.39 is 12.1 Å². The average molecular weight is 403 g/mol. The Labute approximate surface area is 170 Å². The van der Waals surface area contributed by atoms with Crippen LogP contribution in [0.1, 0.15) is 27.7 Å². The molecule has 0 amide bonds. The molecule has 30 heavy (non-hydrogen) atoms. The fourth-order valence-electron chi connectivity index (χ4n) is 3.64. The third kappa shape index (κ3) is 3.33. The lowest BCUT2D eigenvalue weighted by Gasteiger charge is -2.16. The smallest absolute Gasteiger partial charge is 0.354 e. The van der Waals surface area contributed by atoms with Gasteiger partial charge in [0.1, 0.15) is 17.0 Å². The number of carbonyl (C=O) groups is 1. The molecule has 2 aromatic heterocycles. The van der Waals surface area contributed by atoms with E-state index in [-0.39, 0.29) is 11.7 Å². The number of carboxylic acid groups (broad SMARTS) is 1. The maximum Gasteiger partial charge on any atom is 0.354 e. The monoisotopic (exact) mass is 403 g/mol. The lowest BCUT2D eigenvalue weighted by molar-refractivity contribution is 0.0690. The van der Waals surface area contributed by atoms with Crippen molar-refractivity contribution in [2.75, 3.05) is 5.32 Å². The van der Waals surface area contributed by atoms with Crippen molar-refractivity contribution >= 4 is 23.1 Å². The Morgan fingerprint density at radius 1 is 1.13 bits per heavy atom. The van der Waals surface area contributed by atoms with E-state index in [2.05, 4.69) is 15.3 Å². The zero-order valence-electron chi connectivity index (χ0n) is 15.6. The van der Waals surface area contributed by atoms with E-state index in [0.29, 0.717) is 35.0 Å². The van der Waals surface area contributed by atoms with E-state index in [1.54, 1.807) is 24.3 Å². The van der Waals surface area contributed by atoms with Crippen LogP contribution < -0.4 is 10.1 Å². The predicted molar refractivity (Wildman–Crippen MR) is 108 cm³/mol. The van der Waals surface area contributed by atoms with Crippen molar-refractivity contribution in [3.63, 3.8) is 0 Å². The lowest BCUT2D eigenvalue weighted by Crippen LogP contribution is -2.21. The van der Waals surface area contributed by atoms with Gasteiger partial charge in [-0.15, -0.1) is 0 Å². The van der Waals surface area contributed by atoms with E-state index in [1.807, 2.05) is 24.3 Å². The molecule has 3 N–H and O–H groups in total. The van der Waals surface area contributed by atoms with Gasteiger partial charge in [0.2, 0.25) is 0 Å². The number of oxazole rings is 1. The second-order valence-electron chi connectivity index (χ2n) is 7.02. The number of hydrogen-bond donors (Lipinski definition) is 3. The van der Waals surface area contributed by atoms with Crippen molar-refractivity contribution in [2.45, 2.75) is 18.6 Å². The van der Waals surface area contributed by atoms with Crippen LogP contribution in [0.4, 0.5) is 6.01 Å². The normalized spacial score (nSPS) is 17.6. The molecule has 2 heterocycles. The maximum absolute atomic E-state index is 11.1. The van der Waals surface area contributed by atoms with Gasteiger partial charge in [-0.2, -0.15) is 4.98 Å². The molecule has 8 heteroatoms. The van der Waals surface area contributed by atoms with Gasteiger partial charge in [0.15, 0.2) is 11.3 Å². The van der Waals surface area contributed by atoms with Gasteiger partial charge in [0.05, 0.1) is 12.1 Å². The highest BCUT2D eigenvalue weighted by atomic mass is 16.5. The topological polar surface area (TPSA) is 118 Å². The van der Waals surface area contributed by atoms with E-state index in [4.69, 9.17) is 14.3 Å². The van der Waals surface area contributed by atoms with Crippen molar-refractivity contribution in [3.8, 4) is 11.5 Å². The van der Waals surface area contributed by atoms with Crippen LogP contribution in [0.5, 0.6) is 11.5 Å².